The maximum atomic E-state index is 13.7. The van der Waals surface area contributed by atoms with Gasteiger partial charge < -0.3 is 15.4 Å². The molecular formula is C18H16FN5O2. The molecule has 3 rings (SSSR count). The van der Waals surface area contributed by atoms with Gasteiger partial charge in [0.1, 0.15) is 5.82 Å². The van der Waals surface area contributed by atoms with Crippen molar-refractivity contribution in [2.45, 2.75) is 6.92 Å². The Morgan fingerprint density at radius 1 is 1.08 bits per heavy atom. The van der Waals surface area contributed by atoms with Crippen molar-refractivity contribution in [3.05, 3.63) is 66.1 Å². The lowest BCUT2D eigenvalue weighted by Crippen LogP contribution is -2.09. The molecule has 132 valence electrons. The molecule has 0 amide bonds. The van der Waals surface area contributed by atoms with E-state index in [-0.39, 0.29) is 18.2 Å². The number of benzene rings is 2. The Bertz CT molecular complexity index is 919. The maximum absolute atomic E-state index is 13.7. The molecule has 0 saturated carbocycles. The highest BCUT2D eigenvalue weighted by molar-refractivity contribution is 5.96. The van der Waals surface area contributed by atoms with E-state index in [0.29, 0.717) is 17.1 Å². The molecule has 0 aliphatic carbocycles. The zero-order valence-corrected chi connectivity index (χ0v) is 13.9. The van der Waals surface area contributed by atoms with Crippen LogP contribution in [-0.2, 0) is 4.74 Å². The third kappa shape index (κ3) is 4.10. The third-order valence-electron chi connectivity index (χ3n) is 3.36. The fourth-order valence-corrected chi connectivity index (χ4v) is 2.22. The minimum Gasteiger partial charge on any atom is -0.462 e. The Hall–Kier alpha value is -3.55. The number of hydrogen-bond acceptors (Lipinski definition) is 7. The van der Waals surface area contributed by atoms with Crippen LogP contribution in [0.25, 0.3) is 0 Å². The highest BCUT2D eigenvalue weighted by Crippen LogP contribution is 2.22. The van der Waals surface area contributed by atoms with Crippen LogP contribution in [0.2, 0.25) is 0 Å². The van der Waals surface area contributed by atoms with E-state index >= 15 is 0 Å². The fraction of sp³-hybridized carbons (Fsp3) is 0.111. The van der Waals surface area contributed by atoms with E-state index in [1.165, 1.54) is 12.3 Å². The molecule has 1 heterocycles. The summed E-state index contributed by atoms with van der Waals surface area (Å²) in [7, 11) is 0. The molecule has 2 aromatic carbocycles. The van der Waals surface area contributed by atoms with Crippen molar-refractivity contribution in [2.24, 2.45) is 0 Å². The number of ether oxygens (including phenoxy) is 1. The average molecular weight is 353 g/mol. The van der Waals surface area contributed by atoms with Gasteiger partial charge in [-0.3, -0.25) is 0 Å². The molecule has 0 bridgehead atoms. The number of hydrogen-bond donors (Lipinski definition) is 2. The van der Waals surface area contributed by atoms with E-state index in [2.05, 4.69) is 25.8 Å². The van der Waals surface area contributed by atoms with E-state index in [1.807, 2.05) is 0 Å². The van der Waals surface area contributed by atoms with E-state index in [0.717, 1.165) is 0 Å². The van der Waals surface area contributed by atoms with Crippen molar-refractivity contribution in [3.8, 4) is 0 Å². The predicted octanol–water partition coefficient (Wildman–Crippen LogP) is 3.67. The molecule has 8 heteroatoms. The van der Waals surface area contributed by atoms with Crippen molar-refractivity contribution < 1.29 is 13.9 Å². The summed E-state index contributed by atoms with van der Waals surface area (Å²) in [5, 5.41) is 13.4. The van der Waals surface area contributed by atoms with Crippen LogP contribution >= 0.6 is 0 Å². The number of halogens is 1. The van der Waals surface area contributed by atoms with Crippen LogP contribution < -0.4 is 10.6 Å². The second kappa shape index (κ2) is 8.02. The molecule has 26 heavy (non-hydrogen) atoms. The Balaban J connectivity index is 1.82. The van der Waals surface area contributed by atoms with Crippen LogP contribution in [0.5, 0.6) is 0 Å². The van der Waals surface area contributed by atoms with Gasteiger partial charge in [0.15, 0.2) is 5.82 Å². The summed E-state index contributed by atoms with van der Waals surface area (Å²) in [5.74, 6) is -0.409. The SMILES string of the molecule is CCOC(=O)c1ccccc1Nc1cnnc(Nc2ccccc2F)n1. The molecule has 1 aromatic heterocycles. The monoisotopic (exact) mass is 353 g/mol. The van der Waals surface area contributed by atoms with Gasteiger partial charge in [0, 0.05) is 0 Å². The second-order valence-electron chi connectivity index (χ2n) is 5.16. The number of aromatic nitrogens is 3. The first-order valence-corrected chi connectivity index (χ1v) is 7.92. The summed E-state index contributed by atoms with van der Waals surface area (Å²) in [5.41, 5.74) is 1.12. The lowest BCUT2D eigenvalue weighted by atomic mass is 10.2. The van der Waals surface area contributed by atoms with E-state index < -0.39 is 11.8 Å². The molecule has 2 N–H and O–H groups in total. The number of rotatable bonds is 6. The standard InChI is InChI=1S/C18H16FN5O2/c1-2-26-17(25)12-7-3-5-9-14(12)21-16-11-20-24-18(23-16)22-15-10-6-4-8-13(15)19/h3-11H,2H2,1H3,(H2,21,22,23,24). The first-order chi connectivity index (χ1) is 12.7. The second-order valence-corrected chi connectivity index (χ2v) is 5.16. The molecule has 0 unspecified atom stereocenters. The minimum absolute atomic E-state index is 0.119. The Morgan fingerprint density at radius 3 is 2.58 bits per heavy atom. The van der Waals surface area contributed by atoms with Gasteiger partial charge in [-0.1, -0.05) is 24.3 Å². The highest BCUT2D eigenvalue weighted by Gasteiger charge is 2.13. The maximum Gasteiger partial charge on any atom is 0.340 e. The van der Waals surface area contributed by atoms with Crippen molar-refractivity contribution in [1.29, 1.82) is 0 Å². The van der Waals surface area contributed by atoms with Gasteiger partial charge in [-0.05, 0) is 31.2 Å². The number of nitrogens with one attached hydrogen (secondary N) is 2. The number of carbonyl (C=O) groups is 1. The number of carbonyl (C=O) groups excluding carboxylic acids is 1. The number of esters is 1. The van der Waals surface area contributed by atoms with Gasteiger partial charge in [-0.15, -0.1) is 5.10 Å². The quantitative estimate of drug-likeness (QED) is 0.654. The van der Waals surface area contributed by atoms with Crippen LogP contribution in [0, 0.1) is 5.82 Å². The first-order valence-electron chi connectivity index (χ1n) is 7.92. The van der Waals surface area contributed by atoms with Crippen molar-refractivity contribution >= 4 is 29.1 Å². The van der Waals surface area contributed by atoms with Gasteiger partial charge >= 0.3 is 5.97 Å². The molecule has 0 aliphatic heterocycles. The van der Waals surface area contributed by atoms with Crippen LogP contribution in [0.3, 0.4) is 0 Å². The molecule has 0 fully saturated rings. The molecule has 0 saturated heterocycles. The predicted molar refractivity (Wildman–Crippen MR) is 95.2 cm³/mol. The minimum atomic E-state index is -0.442. The Labute approximate surface area is 149 Å². The zero-order chi connectivity index (χ0) is 18.4. The molecule has 7 nitrogen and oxygen atoms in total. The largest absolute Gasteiger partial charge is 0.462 e. The van der Waals surface area contributed by atoms with Gasteiger partial charge in [0.25, 0.3) is 0 Å². The van der Waals surface area contributed by atoms with Crippen molar-refractivity contribution in [3.63, 3.8) is 0 Å². The molecule has 3 aromatic rings. The fourth-order valence-electron chi connectivity index (χ4n) is 2.22. The molecule has 0 radical (unpaired) electrons. The van der Waals surface area contributed by atoms with E-state index in [4.69, 9.17) is 4.74 Å². The zero-order valence-electron chi connectivity index (χ0n) is 13.9. The van der Waals surface area contributed by atoms with E-state index in [9.17, 15) is 9.18 Å². The van der Waals surface area contributed by atoms with Gasteiger partial charge in [0.05, 0.1) is 29.7 Å². The lowest BCUT2D eigenvalue weighted by Gasteiger charge is -2.11. The first kappa shape index (κ1) is 17.3. The smallest absolute Gasteiger partial charge is 0.340 e. The summed E-state index contributed by atoms with van der Waals surface area (Å²) >= 11 is 0. The third-order valence-corrected chi connectivity index (χ3v) is 3.36. The van der Waals surface area contributed by atoms with Crippen LogP contribution in [-0.4, -0.2) is 27.8 Å². The van der Waals surface area contributed by atoms with Crippen LogP contribution in [0.15, 0.2) is 54.7 Å². The summed E-state index contributed by atoms with van der Waals surface area (Å²) < 4.78 is 18.8. The summed E-state index contributed by atoms with van der Waals surface area (Å²) in [4.78, 5) is 16.3. The number of nitrogens with zero attached hydrogens (tertiary/aromatic N) is 3. The molecular weight excluding hydrogens is 337 g/mol. The summed E-state index contributed by atoms with van der Waals surface area (Å²) in [6.07, 6.45) is 1.40. The number of anilines is 4. The Kier molecular flexibility index (Phi) is 5.33. The van der Waals surface area contributed by atoms with Gasteiger partial charge in [0.2, 0.25) is 5.95 Å². The van der Waals surface area contributed by atoms with Crippen LogP contribution in [0.1, 0.15) is 17.3 Å². The van der Waals surface area contributed by atoms with Crippen molar-refractivity contribution in [2.75, 3.05) is 17.2 Å². The molecule has 0 aliphatic rings. The summed E-state index contributed by atoms with van der Waals surface area (Å²) in [6, 6.07) is 13.0. The normalized spacial score (nSPS) is 10.2. The average Bonchev–Trinajstić information content (AvgIpc) is 2.65. The number of para-hydroxylation sites is 2. The Morgan fingerprint density at radius 2 is 1.81 bits per heavy atom. The van der Waals surface area contributed by atoms with Crippen LogP contribution in [0.4, 0.5) is 27.5 Å². The van der Waals surface area contributed by atoms with Crippen molar-refractivity contribution in [1.82, 2.24) is 15.2 Å². The van der Waals surface area contributed by atoms with E-state index in [1.54, 1.807) is 49.4 Å². The van der Waals surface area contributed by atoms with Gasteiger partial charge in [-0.2, -0.15) is 10.1 Å². The lowest BCUT2D eigenvalue weighted by molar-refractivity contribution is 0.0527. The summed E-state index contributed by atoms with van der Waals surface area (Å²) in [6.45, 7) is 2.02. The topological polar surface area (TPSA) is 89.0 Å². The molecule has 0 spiro atoms. The van der Waals surface area contributed by atoms with Gasteiger partial charge in [-0.25, -0.2) is 9.18 Å². The highest BCUT2D eigenvalue weighted by atomic mass is 19.1. The molecule has 0 atom stereocenters.